The van der Waals surface area contributed by atoms with Gasteiger partial charge in [0.15, 0.2) is 0 Å². The first kappa shape index (κ1) is 12.5. The fraction of sp³-hybridized carbons (Fsp3) is 0.700. The Labute approximate surface area is 95.4 Å². The normalized spacial score (nSPS) is 11.1. The van der Waals surface area contributed by atoms with Crippen molar-refractivity contribution in [3.8, 4) is 12.0 Å². The molecule has 0 saturated heterocycles. The summed E-state index contributed by atoms with van der Waals surface area (Å²) in [6, 6.07) is 0.504. The molecule has 0 bridgehead atoms. The number of ether oxygens (including phenoxy) is 2. The lowest BCUT2D eigenvalue weighted by Gasteiger charge is -2.23. The summed E-state index contributed by atoms with van der Waals surface area (Å²) in [5, 5.41) is 2.82. The Balaban J connectivity index is 2.95. The van der Waals surface area contributed by atoms with Gasteiger partial charge in [-0.3, -0.25) is 0 Å². The highest BCUT2D eigenvalue weighted by Crippen LogP contribution is 2.19. The summed E-state index contributed by atoms with van der Waals surface area (Å²) in [4.78, 5) is 12.1. The van der Waals surface area contributed by atoms with Gasteiger partial charge in [-0.05, 0) is 20.3 Å². The van der Waals surface area contributed by atoms with Crippen LogP contribution in [0.15, 0.2) is 0 Å². The number of anilines is 1. The maximum atomic E-state index is 5.65. The number of aromatic nitrogens is 3. The highest BCUT2D eigenvalue weighted by molar-refractivity contribution is 5.26. The van der Waals surface area contributed by atoms with Gasteiger partial charge >= 0.3 is 12.0 Å². The Morgan fingerprint density at radius 1 is 1.19 bits per heavy atom. The quantitative estimate of drug-likeness (QED) is 0.820. The number of methoxy groups -OCH3 is 1. The van der Waals surface area contributed by atoms with E-state index in [1.54, 1.807) is 7.05 Å². The van der Waals surface area contributed by atoms with Gasteiger partial charge in [-0.25, -0.2) is 0 Å². The largest absolute Gasteiger partial charge is 0.467 e. The van der Waals surface area contributed by atoms with E-state index in [9.17, 15) is 0 Å². The van der Waals surface area contributed by atoms with Crippen LogP contribution in [-0.4, -0.2) is 34.7 Å². The van der Waals surface area contributed by atoms with E-state index in [4.69, 9.17) is 9.47 Å². The summed E-state index contributed by atoms with van der Waals surface area (Å²) in [6.07, 6.45) is 0.857. The molecular weight excluding hydrogens is 208 g/mol. The van der Waals surface area contributed by atoms with Gasteiger partial charge in [0.05, 0.1) is 7.11 Å². The van der Waals surface area contributed by atoms with Crippen molar-refractivity contribution in [3.05, 3.63) is 0 Å². The Morgan fingerprint density at radius 3 is 2.31 bits per heavy atom. The van der Waals surface area contributed by atoms with Crippen LogP contribution in [0.1, 0.15) is 27.2 Å². The summed E-state index contributed by atoms with van der Waals surface area (Å²) in [7, 11) is 3.23. The fourth-order valence-corrected chi connectivity index (χ4v) is 0.906. The second kappa shape index (κ2) is 4.96. The molecule has 1 heterocycles. The molecule has 0 amide bonds. The van der Waals surface area contributed by atoms with E-state index >= 15 is 0 Å². The van der Waals surface area contributed by atoms with Crippen LogP contribution >= 0.6 is 0 Å². The molecule has 0 fully saturated rings. The molecule has 16 heavy (non-hydrogen) atoms. The SMILES string of the molecule is CCC(C)(C)Oc1nc(NC)nc(OC)n1. The third kappa shape index (κ3) is 3.22. The number of nitrogens with zero attached hydrogens (tertiary/aromatic N) is 3. The van der Waals surface area contributed by atoms with Crippen LogP contribution in [0, 0.1) is 0 Å². The minimum absolute atomic E-state index is 0.237. The molecule has 90 valence electrons. The average molecular weight is 226 g/mol. The molecule has 1 rings (SSSR count). The first-order valence-corrected chi connectivity index (χ1v) is 5.17. The van der Waals surface area contributed by atoms with Gasteiger partial charge in [-0.15, -0.1) is 4.98 Å². The first-order valence-electron chi connectivity index (χ1n) is 5.17. The van der Waals surface area contributed by atoms with Crippen LogP contribution in [0.5, 0.6) is 12.0 Å². The molecule has 0 atom stereocenters. The van der Waals surface area contributed by atoms with Gasteiger partial charge < -0.3 is 14.8 Å². The van der Waals surface area contributed by atoms with Gasteiger partial charge in [0, 0.05) is 7.05 Å². The molecule has 0 saturated carbocycles. The van der Waals surface area contributed by atoms with Crippen molar-refractivity contribution in [2.24, 2.45) is 0 Å². The summed E-state index contributed by atoms with van der Waals surface area (Å²) >= 11 is 0. The minimum atomic E-state index is -0.308. The van der Waals surface area contributed by atoms with Gasteiger partial charge in [-0.2, -0.15) is 9.97 Å². The molecule has 0 radical (unpaired) electrons. The van der Waals surface area contributed by atoms with Crippen molar-refractivity contribution in [2.75, 3.05) is 19.5 Å². The predicted octanol–water partition coefficient (Wildman–Crippen LogP) is 1.49. The van der Waals surface area contributed by atoms with E-state index in [2.05, 4.69) is 20.3 Å². The summed E-state index contributed by atoms with van der Waals surface area (Å²) in [6.45, 7) is 5.99. The number of hydrogen-bond acceptors (Lipinski definition) is 6. The standard InChI is InChI=1S/C10H18N4O2/c1-6-10(2,3)16-9-13-7(11-4)12-8(14-9)15-5/h6H2,1-5H3,(H,11,12,13,14). The minimum Gasteiger partial charge on any atom is -0.467 e. The van der Waals surface area contributed by atoms with Crippen LogP contribution in [0.3, 0.4) is 0 Å². The number of nitrogens with one attached hydrogen (secondary N) is 1. The summed E-state index contributed by atoms with van der Waals surface area (Å²) < 4.78 is 10.6. The maximum Gasteiger partial charge on any atom is 0.324 e. The molecule has 0 aliphatic carbocycles. The summed E-state index contributed by atoms with van der Waals surface area (Å²) in [5.41, 5.74) is -0.308. The molecule has 0 aliphatic rings. The van der Waals surface area contributed by atoms with Gasteiger partial charge in [0.25, 0.3) is 0 Å². The lowest BCUT2D eigenvalue weighted by molar-refractivity contribution is 0.0911. The number of hydrogen-bond donors (Lipinski definition) is 1. The molecule has 0 aromatic carbocycles. The zero-order valence-electron chi connectivity index (χ0n) is 10.4. The highest BCUT2D eigenvalue weighted by atomic mass is 16.5. The Bertz CT molecular complexity index is 332. The fourth-order valence-electron chi connectivity index (χ4n) is 0.906. The Morgan fingerprint density at radius 2 is 1.81 bits per heavy atom. The smallest absolute Gasteiger partial charge is 0.324 e. The average Bonchev–Trinajstić information content (AvgIpc) is 2.28. The zero-order chi connectivity index (χ0) is 12.2. The van der Waals surface area contributed by atoms with Gasteiger partial charge in [0.2, 0.25) is 5.95 Å². The van der Waals surface area contributed by atoms with Gasteiger partial charge in [-0.1, -0.05) is 6.92 Å². The lowest BCUT2D eigenvalue weighted by atomic mass is 10.1. The predicted molar refractivity (Wildman–Crippen MR) is 60.9 cm³/mol. The maximum absolute atomic E-state index is 5.65. The lowest BCUT2D eigenvalue weighted by Crippen LogP contribution is -2.28. The van der Waals surface area contributed by atoms with E-state index in [0.29, 0.717) is 5.95 Å². The molecule has 0 aliphatic heterocycles. The van der Waals surface area contributed by atoms with Crippen LogP contribution in [0.25, 0.3) is 0 Å². The zero-order valence-corrected chi connectivity index (χ0v) is 10.4. The van der Waals surface area contributed by atoms with Crippen molar-refractivity contribution >= 4 is 5.95 Å². The first-order chi connectivity index (χ1) is 7.50. The number of rotatable bonds is 5. The molecule has 6 heteroatoms. The van der Waals surface area contributed by atoms with Crippen LogP contribution in [0.4, 0.5) is 5.95 Å². The van der Waals surface area contributed by atoms with Crippen molar-refractivity contribution in [3.63, 3.8) is 0 Å². The van der Waals surface area contributed by atoms with Crippen molar-refractivity contribution in [1.82, 2.24) is 15.0 Å². The molecule has 1 aromatic heterocycles. The molecule has 0 spiro atoms. The summed E-state index contributed by atoms with van der Waals surface area (Å²) in [5.74, 6) is 0.425. The second-order valence-electron chi connectivity index (χ2n) is 3.89. The van der Waals surface area contributed by atoms with Crippen molar-refractivity contribution in [1.29, 1.82) is 0 Å². The monoisotopic (exact) mass is 226 g/mol. The topological polar surface area (TPSA) is 69.2 Å². The van der Waals surface area contributed by atoms with Crippen molar-refractivity contribution < 1.29 is 9.47 Å². The van der Waals surface area contributed by atoms with E-state index in [1.165, 1.54) is 7.11 Å². The molecule has 6 nitrogen and oxygen atoms in total. The molecule has 0 unspecified atom stereocenters. The Kier molecular flexibility index (Phi) is 3.87. The third-order valence-electron chi connectivity index (χ3n) is 2.22. The van der Waals surface area contributed by atoms with Crippen LogP contribution in [-0.2, 0) is 0 Å². The third-order valence-corrected chi connectivity index (χ3v) is 2.22. The molecule has 1 N–H and O–H groups in total. The van der Waals surface area contributed by atoms with E-state index in [-0.39, 0.29) is 17.6 Å². The van der Waals surface area contributed by atoms with Crippen molar-refractivity contribution in [2.45, 2.75) is 32.8 Å². The van der Waals surface area contributed by atoms with E-state index in [0.717, 1.165) is 6.42 Å². The second-order valence-corrected chi connectivity index (χ2v) is 3.89. The molecular formula is C10H18N4O2. The van der Waals surface area contributed by atoms with E-state index < -0.39 is 0 Å². The van der Waals surface area contributed by atoms with Crippen LogP contribution < -0.4 is 14.8 Å². The van der Waals surface area contributed by atoms with Crippen LogP contribution in [0.2, 0.25) is 0 Å². The Hall–Kier alpha value is -1.59. The van der Waals surface area contributed by atoms with E-state index in [1.807, 2.05) is 20.8 Å². The molecule has 1 aromatic rings. The highest BCUT2D eigenvalue weighted by Gasteiger charge is 2.19. The van der Waals surface area contributed by atoms with Gasteiger partial charge in [0.1, 0.15) is 5.60 Å².